The van der Waals surface area contributed by atoms with Crippen molar-refractivity contribution in [2.75, 3.05) is 24.6 Å². The van der Waals surface area contributed by atoms with Gasteiger partial charge in [0, 0.05) is 12.2 Å². The Balaban J connectivity index is 1.92. The Labute approximate surface area is 117 Å². The second-order valence-corrected chi connectivity index (χ2v) is 5.77. The molecule has 2 heterocycles. The summed E-state index contributed by atoms with van der Waals surface area (Å²) in [4.78, 5) is 13.8. The predicted octanol–water partition coefficient (Wildman–Crippen LogP) is 2.54. The first kappa shape index (κ1) is 13.4. The standard InChI is InChI=1S/C15H19FN2O2/c1-15(11-3-2-8-17-9-11)10-20-14(19)18(15)13-6-4-12(16)5-7-13/h4-7,11,17H,2-3,8-10H2,1H3. The lowest BCUT2D eigenvalue weighted by molar-refractivity contribution is 0.157. The van der Waals surface area contributed by atoms with Gasteiger partial charge in [0.25, 0.3) is 0 Å². The normalized spacial score (nSPS) is 30.4. The minimum Gasteiger partial charge on any atom is -0.447 e. The van der Waals surface area contributed by atoms with Crippen LogP contribution in [0, 0.1) is 11.7 Å². The van der Waals surface area contributed by atoms with Crippen molar-refractivity contribution in [2.24, 2.45) is 5.92 Å². The van der Waals surface area contributed by atoms with Crippen LogP contribution in [0.5, 0.6) is 0 Å². The van der Waals surface area contributed by atoms with Gasteiger partial charge in [0.15, 0.2) is 0 Å². The second kappa shape index (κ2) is 5.05. The number of ether oxygens (including phenoxy) is 1. The molecule has 108 valence electrons. The molecule has 0 aliphatic carbocycles. The fraction of sp³-hybridized carbons (Fsp3) is 0.533. The fourth-order valence-electron chi connectivity index (χ4n) is 3.22. The zero-order chi connectivity index (χ0) is 14.2. The van der Waals surface area contributed by atoms with Crippen LogP contribution >= 0.6 is 0 Å². The van der Waals surface area contributed by atoms with Crippen LogP contribution in [0.1, 0.15) is 19.8 Å². The molecular formula is C15H19FN2O2. The molecule has 1 amide bonds. The number of hydrogen-bond donors (Lipinski definition) is 1. The van der Waals surface area contributed by atoms with Gasteiger partial charge < -0.3 is 10.1 Å². The second-order valence-electron chi connectivity index (χ2n) is 5.77. The summed E-state index contributed by atoms with van der Waals surface area (Å²) in [5.41, 5.74) is 0.324. The van der Waals surface area contributed by atoms with E-state index < -0.39 is 0 Å². The van der Waals surface area contributed by atoms with Crippen molar-refractivity contribution in [3.05, 3.63) is 30.1 Å². The van der Waals surface area contributed by atoms with Crippen LogP contribution in [0.15, 0.2) is 24.3 Å². The quantitative estimate of drug-likeness (QED) is 0.904. The highest BCUT2D eigenvalue weighted by molar-refractivity contribution is 5.91. The number of anilines is 1. The summed E-state index contributed by atoms with van der Waals surface area (Å²) in [6, 6.07) is 6.02. The highest BCUT2D eigenvalue weighted by Crippen LogP contribution is 2.38. The van der Waals surface area contributed by atoms with Gasteiger partial charge in [-0.3, -0.25) is 4.90 Å². The van der Waals surface area contributed by atoms with Gasteiger partial charge in [-0.15, -0.1) is 0 Å². The molecule has 20 heavy (non-hydrogen) atoms. The van der Waals surface area contributed by atoms with E-state index in [1.807, 2.05) is 0 Å². The van der Waals surface area contributed by atoms with Gasteiger partial charge in [-0.25, -0.2) is 9.18 Å². The smallest absolute Gasteiger partial charge is 0.415 e. The molecule has 5 heteroatoms. The summed E-state index contributed by atoms with van der Waals surface area (Å²) < 4.78 is 18.4. The third-order valence-electron chi connectivity index (χ3n) is 4.44. The molecule has 2 unspecified atom stereocenters. The number of benzene rings is 1. The zero-order valence-corrected chi connectivity index (χ0v) is 11.6. The van der Waals surface area contributed by atoms with Crippen molar-refractivity contribution >= 4 is 11.8 Å². The van der Waals surface area contributed by atoms with Crippen molar-refractivity contribution in [3.63, 3.8) is 0 Å². The predicted molar refractivity (Wildman–Crippen MR) is 74.2 cm³/mol. The van der Waals surface area contributed by atoms with E-state index in [1.54, 1.807) is 17.0 Å². The van der Waals surface area contributed by atoms with E-state index in [0.29, 0.717) is 18.2 Å². The highest BCUT2D eigenvalue weighted by Gasteiger charge is 2.49. The van der Waals surface area contributed by atoms with Gasteiger partial charge in [0.05, 0.1) is 5.54 Å². The molecule has 2 aliphatic rings. The van der Waals surface area contributed by atoms with Crippen molar-refractivity contribution in [3.8, 4) is 0 Å². The first-order valence-electron chi connectivity index (χ1n) is 7.04. The number of amides is 1. The highest BCUT2D eigenvalue weighted by atomic mass is 19.1. The molecule has 2 atom stereocenters. The summed E-state index contributed by atoms with van der Waals surface area (Å²) in [6.07, 6.45) is 1.83. The van der Waals surface area contributed by atoms with Crippen LogP contribution in [-0.4, -0.2) is 31.3 Å². The number of rotatable bonds is 2. The Morgan fingerprint density at radius 3 is 2.80 bits per heavy atom. The van der Waals surface area contributed by atoms with E-state index in [-0.39, 0.29) is 17.4 Å². The van der Waals surface area contributed by atoms with Gasteiger partial charge in [-0.1, -0.05) is 0 Å². The molecule has 0 spiro atoms. The van der Waals surface area contributed by atoms with Crippen LogP contribution in [0.2, 0.25) is 0 Å². The Morgan fingerprint density at radius 1 is 1.40 bits per heavy atom. The lowest BCUT2D eigenvalue weighted by atomic mass is 9.80. The number of hydrogen-bond acceptors (Lipinski definition) is 3. The first-order chi connectivity index (χ1) is 9.61. The molecule has 0 bridgehead atoms. The number of halogens is 1. The monoisotopic (exact) mass is 278 g/mol. The van der Waals surface area contributed by atoms with Gasteiger partial charge in [0.1, 0.15) is 12.4 Å². The maximum atomic E-state index is 13.1. The summed E-state index contributed by atoms with van der Waals surface area (Å²) in [6.45, 7) is 4.34. The van der Waals surface area contributed by atoms with E-state index in [0.717, 1.165) is 25.9 Å². The minimum absolute atomic E-state index is 0.303. The average molecular weight is 278 g/mol. The van der Waals surface area contributed by atoms with Crippen LogP contribution in [-0.2, 0) is 4.74 Å². The molecule has 0 saturated carbocycles. The van der Waals surface area contributed by atoms with Gasteiger partial charge in [0.2, 0.25) is 0 Å². The number of nitrogens with zero attached hydrogens (tertiary/aromatic N) is 1. The number of cyclic esters (lactones) is 1. The molecule has 4 nitrogen and oxygen atoms in total. The lowest BCUT2D eigenvalue weighted by Gasteiger charge is -2.41. The largest absolute Gasteiger partial charge is 0.447 e. The van der Waals surface area contributed by atoms with E-state index in [9.17, 15) is 9.18 Å². The molecule has 2 saturated heterocycles. The molecule has 1 aromatic rings. The molecule has 1 aromatic carbocycles. The van der Waals surface area contributed by atoms with Crippen molar-refractivity contribution in [1.29, 1.82) is 0 Å². The zero-order valence-electron chi connectivity index (χ0n) is 11.6. The Morgan fingerprint density at radius 2 is 2.15 bits per heavy atom. The average Bonchev–Trinajstić information content (AvgIpc) is 2.78. The molecule has 0 aromatic heterocycles. The minimum atomic E-state index is -0.373. The van der Waals surface area contributed by atoms with E-state index >= 15 is 0 Å². The number of carbonyl (C=O) groups is 1. The van der Waals surface area contributed by atoms with Gasteiger partial charge in [-0.05, 0) is 56.5 Å². The van der Waals surface area contributed by atoms with Gasteiger partial charge >= 0.3 is 6.09 Å². The lowest BCUT2D eigenvalue weighted by Crippen LogP contribution is -2.55. The third kappa shape index (κ3) is 2.16. The van der Waals surface area contributed by atoms with E-state index in [1.165, 1.54) is 12.1 Å². The first-order valence-corrected chi connectivity index (χ1v) is 7.04. The van der Waals surface area contributed by atoms with Crippen LogP contribution in [0.3, 0.4) is 0 Å². The van der Waals surface area contributed by atoms with Gasteiger partial charge in [-0.2, -0.15) is 0 Å². The molecule has 2 fully saturated rings. The number of carbonyl (C=O) groups excluding carboxylic acids is 1. The van der Waals surface area contributed by atoms with E-state index in [4.69, 9.17) is 4.74 Å². The maximum absolute atomic E-state index is 13.1. The van der Waals surface area contributed by atoms with Crippen molar-refractivity contribution < 1.29 is 13.9 Å². The molecule has 0 radical (unpaired) electrons. The molecule has 2 aliphatic heterocycles. The van der Waals surface area contributed by atoms with Crippen LogP contribution in [0.25, 0.3) is 0 Å². The molecule has 3 rings (SSSR count). The topological polar surface area (TPSA) is 41.6 Å². The third-order valence-corrected chi connectivity index (χ3v) is 4.44. The maximum Gasteiger partial charge on any atom is 0.415 e. The van der Waals surface area contributed by atoms with Crippen LogP contribution < -0.4 is 10.2 Å². The fourth-order valence-corrected chi connectivity index (χ4v) is 3.22. The number of piperidine rings is 1. The van der Waals surface area contributed by atoms with Crippen molar-refractivity contribution in [2.45, 2.75) is 25.3 Å². The summed E-state index contributed by atoms with van der Waals surface area (Å²) >= 11 is 0. The van der Waals surface area contributed by atoms with E-state index in [2.05, 4.69) is 12.2 Å². The summed E-state index contributed by atoms with van der Waals surface area (Å²) in [5.74, 6) is 0.0371. The summed E-state index contributed by atoms with van der Waals surface area (Å²) in [7, 11) is 0. The van der Waals surface area contributed by atoms with Crippen LogP contribution in [0.4, 0.5) is 14.9 Å². The Bertz CT molecular complexity index is 499. The SMILES string of the molecule is CC1(C2CCCNC2)COC(=O)N1c1ccc(F)cc1. The Kier molecular flexibility index (Phi) is 3.38. The number of nitrogens with one attached hydrogen (secondary N) is 1. The van der Waals surface area contributed by atoms with Crippen molar-refractivity contribution in [1.82, 2.24) is 5.32 Å². The summed E-state index contributed by atoms with van der Waals surface area (Å²) in [5, 5.41) is 3.38. The molecular weight excluding hydrogens is 259 g/mol. The molecule has 1 N–H and O–H groups in total. The Hall–Kier alpha value is -1.62.